The number of halogens is 4. The van der Waals surface area contributed by atoms with Crippen molar-refractivity contribution in [2.24, 2.45) is 10.1 Å². The van der Waals surface area contributed by atoms with Crippen molar-refractivity contribution >= 4 is 46.5 Å². The quantitative estimate of drug-likeness (QED) is 0.199. The molecular formula is C25H25Cl2F2N7O3. The Morgan fingerprint density at radius 1 is 1.36 bits per heavy atom. The van der Waals surface area contributed by atoms with Gasteiger partial charge in [-0.05, 0) is 37.6 Å². The largest absolute Gasteiger partial charge is 0.435 e. The predicted molar refractivity (Wildman–Crippen MR) is 142 cm³/mol. The highest BCUT2D eigenvalue weighted by molar-refractivity contribution is 6.42. The third-order valence-corrected chi connectivity index (χ3v) is 6.94. The average Bonchev–Trinajstić information content (AvgIpc) is 3.53. The van der Waals surface area contributed by atoms with Gasteiger partial charge in [0.1, 0.15) is 5.75 Å². The molecule has 0 bridgehead atoms. The molecular weight excluding hydrogens is 555 g/mol. The highest BCUT2D eigenvalue weighted by atomic mass is 35.5. The highest BCUT2D eigenvalue weighted by Crippen LogP contribution is 2.28. The van der Waals surface area contributed by atoms with Crippen LogP contribution in [-0.2, 0) is 4.79 Å². The molecule has 2 aliphatic rings. The zero-order valence-electron chi connectivity index (χ0n) is 20.7. The van der Waals surface area contributed by atoms with E-state index in [1.807, 2.05) is 13.1 Å². The van der Waals surface area contributed by atoms with E-state index in [0.717, 1.165) is 0 Å². The van der Waals surface area contributed by atoms with Gasteiger partial charge in [0, 0.05) is 24.7 Å². The second-order valence-electron chi connectivity index (χ2n) is 8.73. The Morgan fingerprint density at radius 2 is 2.15 bits per heavy atom. The Balaban J connectivity index is 1.72. The first-order valence-corrected chi connectivity index (χ1v) is 12.8. The Kier molecular flexibility index (Phi) is 9.19. The summed E-state index contributed by atoms with van der Waals surface area (Å²) < 4.78 is 29.8. The number of β-amino-alcohol motifs (C(OH)–C–C–N with tert-alkyl or cyclic N) is 1. The molecule has 2 aliphatic heterocycles. The zero-order chi connectivity index (χ0) is 28.1. The smallest absolute Gasteiger partial charge is 0.387 e. The minimum atomic E-state index is -3.01. The number of amides is 1. The van der Waals surface area contributed by atoms with Crippen LogP contribution in [0.2, 0.25) is 10.0 Å². The Bertz CT molecular complexity index is 1320. The maximum atomic E-state index is 13.5. The normalized spacial score (nSPS) is 21.1. The van der Waals surface area contributed by atoms with Crippen LogP contribution in [0.25, 0.3) is 0 Å². The number of alkyl halides is 2. The monoisotopic (exact) mass is 579 g/mol. The number of nitrogens with zero attached hydrogens (tertiary/aromatic N) is 5. The fraction of sp³-hybridized carbons (Fsp3) is 0.360. The molecule has 2 heterocycles. The van der Waals surface area contributed by atoms with Crippen LogP contribution in [0.3, 0.4) is 0 Å². The van der Waals surface area contributed by atoms with Gasteiger partial charge < -0.3 is 20.1 Å². The molecule has 3 N–H and O–H groups in total. The van der Waals surface area contributed by atoms with Gasteiger partial charge in [0.05, 0.1) is 46.2 Å². The number of hydrogen-bond acceptors (Lipinski definition) is 7. The number of hydrazone groups is 1. The van der Waals surface area contributed by atoms with Crippen molar-refractivity contribution < 1.29 is 23.4 Å². The zero-order valence-corrected chi connectivity index (χ0v) is 22.2. The second kappa shape index (κ2) is 12.6. The van der Waals surface area contributed by atoms with E-state index in [9.17, 15) is 23.9 Å². The number of aliphatic imine (C=N–C) groups is 1. The van der Waals surface area contributed by atoms with Crippen LogP contribution in [0, 0.1) is 11.5 Å². The van der Waals surface area contributed by atoms with Crippen molar-refractivity contribution in [3.05, 3.63) is 58.1 Å². The molecule has 4 rings (SSSR count). The van der Waals surface area contributed by atoms with E-state index in [-0.39, 0.29) is 36.3 Å². The van der Waals surface area contributed by atoms with Gasteiger partial charge in [-0.1, -0.05) is 35.3 Å². The summed E-state index contributed by atoms with van der Waals surface area (Å²) in [6, 6.07) is 9.51. The van der Waals surface area contributed by atoms with Gasteiger partial charge in [0.25, 0.3) is 0 Å². The summed E-state index contributed by atoms with van der Waals surface area (Å²) in [4.78, 5) is 19.5. The number of nitriles is 1. The molecule has 0 spiro atoms. The van der Waals surface area contributed by atoms with Crippen molar-refractivity contribution in [2.45, 2.75) is 38.1 Å². The number of guanidine groups is 1. The van der Waals surface area contributed by atoms with Crippen molar-refractivity contribution in [1.82, 2.24) is 20.5 Å². The third kappa shape index (κ3) is 6.75. The van der Waals surface area contributed by atoms with E-state index < -0.39 is 24.8 Å². The summed E-state index contributed by atoms with van der Waals surface area (Å²) in [6.45, 7) is -0.417. The number of carbonyl (C=O) groups is 1. The number of hydrogen-bond donors (Lipinski definition) is 3. The number of aliphatic hydroxyl groups is 1. The number of nitrogens with one attached hydrogen (secondary N) is 2. The van der Waals surface area contributed by atoms with Crippen LogP contribution >= 0.6 is 23.2 Å². The first kappa shape index (κ1) is 28.5. The first-order chi connectivity index (χ1) is 18.7. The molecule has 0 unspecified atom stereocenters. The van der Waals surface area contributed by atoms with E-state index in [1.165, 1.54) is 23.2 Å². The SMILES string of the molecule is CCN(C(=O)[C@H]1C[C@@H](O)CN1)[C@H]1CN(C(=Nc2cccc(OC(F)F)c2)NC#N)N=C1c1ccc(Cl)c(Cl)c1. The molecule has 1 amide bonds. The standard InChI is InChI=1S/C25H25Cl2F2N7O3/c1-2-35(23(38)20-10-16(37)11-31-20)21-12-36(34-22(21)14-6-7-18(26)19(27)8-14)25(32-13-30)33-15-4-3-5-17(9-15)39-24(28)29/h3-9,16,20-21,24,31,37H,2,10-12H2,1H3,(H,32,33)/t16-,20-,21+/m1/s1. The molecule has 1 fully saturated rings. The predicted octanol–water partition coefficient (Wildman–Crippen LogP) is 3.31. The number of rotatable bonds is 7. The molecule has 2 aromatic carbocycles. The lowest BCUT2D eigenvalue weighted by Gasteiger charge is -2.31. The van der Waals surface area contributed by atoms with Crippen LogP contribution in [0.1, 0.15) is 18.9 Å². The fourth-order valence-corrected chi connectivity index (χ4v) is 4.76. The Hall–Kier alpha value is -3.50. The summed E-state index contributed by atoms with van der Waals surface area (Å²) >= 11 is 12.4. The molecule has 14 heteroatoms. The summed E-state index contributed by atoms with van der Waals surface area (Å²) in [7, 11) is 0. The minimum absolute atomic E-state index is 0.00433. The maximum absolute atomic E-state index is 13.5. The molecule has 2 aromatic rings. The van der Waals surface area contributed by atoms with Crippen LogP contribution < -0.4 is 15.4 Å². The third-order valence-electron chi connectivity index (χ3n) is 6.20. The minimum Gasteiger partial charge on any atom is -0.435 e. The fourth-order valence-electron chi connectivity index (χ4n) is 4.46. The first-order valence-electron chi connectivity index (χ1n) is 12.0. The van der Waals surface area contributed by atoms with Crippen LogP contribution in [0.4, 0.5) is 14.5 Å². The second-order valence-corrected chi connectivity index (χ2v) is 9.55. The van der Waals surface area contributed by atoms with Crippen molar-refractivity contribution in [3.63, 3.8) is 0 Å². The van der Waals surface area contributed by atoms with Crippen molar-refractivity contribution in [3.8, 4) is 11.9 Å². The molecule has 0 radical (unpaired) electrons. The summed E-state index contributed by atoms with van der Waals surface area (Å²) in [5, 5.41) is 31.6. The topological polar surface area (TPSA) is 126 Å². The van der Waals surface area contributed by atoms with Gasteiger partial charge in [-0.15, -0.1) is 0 Å². The molecule has 0 aliphatic carbocycles. The van der Waals surface area contributed by atoms with Gasteiger partial charge in [0.2, 0.25) is 11.9 Å². The van der Waals surface area contributed by atoms with Crippen LogP contribution in [-0.4, -0.2) is 77.0 Å². The lowest BCUT2D eigenvalue weighted by atomic mass is 10.0. The molecule has 39 heavy (non-hydrogen) atoms. The summed E-state index contributed by atoms with van der Waals surface area (Å²) in [6.07, 6.45) is 1.48. The molecule has 1 saturated heterocycles. The van der Waals surface area contributed by atoms with E-state index >= 15 is 0 Å². The summed E-state index contributed by atoms with van der Waals surface area (Å²) in [5.41, 5.74) is 1.31. The van der Waals surface area contributed by atoms with Gasteiger partial charge in [-0.2, -0.15) is 19.1 Å². The van der Waals surface area contributed by atoms with Gasteiger partial charge >= 0.3 is 6.61 Å². The lowest BCUT2D eigenvalue weighted by molar-refractivity contribution is -0.134. The van der Waals surface area contributed by atoms with Gasteiger partial charge in [0.15, 0.2) is 6.19 Å². The molecule has 0 saturated carbocycles. The number of aliphatic hydroxyl groups excluding tert-OH is 1. The molecule has 206 valence electrons. The van der Waals surface area contributed by atoms with Crippen molar-refractivity contribution in [1.29, 1.82) is 5.26 Å². The van der Waals surface area contributed by atoms with Crippen molar-refractivity contribution in [2.75, 3.05) is 19.6 Å². The maximum Gasteiger partial charge on any atom is 0.387 e. The van der Waals surface area contributed by atoms with Gasteiger partial charge in [-0.25, -0.2) is 10.0 Å². The van der Waals surface area contributed by atoms with Gasteiger partial charge in [-0.3, -0.25) is 10.1 Å². The Labute approximate surface area is 233 Å². The molecule has 10 nitrogen and oxygen atoms in total. The number of likely N-dealkylation sites (N-methyl/N-ethyl adjacent to an activating group) is 1. The number of carbonyl (C=O) groups excluding carboxylic acids is 1. The molecule has 3 atom stereocenters. The highest BCUT2D eigenvalue weighted by Gasteiger charge is 2.40. The Morgan fingerprint density at radius 3 is 2.79 bits per heavy atom. The number of ether oxygens (including phenoxy) is 1. The lowest BCUT2D eigenvalue weighted by Crippen LogP contribution is -2.53. The van der Waals surface area contributed by atoms with E-state index in [2.05, 4.69) is 25.5 Å². The van der Waals surface area contributed by atoms with Crippen LogP contribution in [0.5, 0.6) is 5.75 Å². The van der Waals surface area contributed by atoms with E-state index in [1.54, 1.807) is 29.2 Å². The van der Waals surface area contributed by atoms with Crippen LogP contribution in [0.15, 0.2) is 52.6 Å². The van der Waals surface area contributed by atoms with E-state index in [0.29, 0.717) is 34.4 Å². The average molecular weight is 580 g/mol. The summed E-state index contributed by atoms with van der Waals surface area (Å²) in [5.74, 6) is -0.308. The van der Waals surface area contributed by atoms with E-state index in [4.69, 9.17) is 23.2 Å². The molecule has 0 aromatic heterocycles. The number of benzene rings is 2.